The topological polar surface area (TPSA) is 17.1 Å². The van der Waals surface area contributed by atoms with Crippen molar-refractivity contribution in [3.05, 3.63) is 34.1 Å². The second-order valence-electron chi connectivity index (χ2n) is 4.54. The minimum absolute atomic E-state index is 0.0932. The molecule has 0 bridgehead atoms. The lowest BCUT2D eigenvalue weighted by molar-refractivity contribution is 0.0975. The Bertz CT molecular complexity index is 390. The van der Waals surface area contributed by atoms with Gasteiger partial charge in [0, 0.05) is 6.42 Å². The summed E-state index contributed by atoms with van der Waals surface area (Å²) in [4.78, 5) is 11.8. The van der Waals surface area contributed by atoms with Gasteiger partial charge in [-0.1, -0.05) is 45.1 Å². The Kier molecular flexibility index (Phi) is 7.18. The number of rotatable bonds is 8. The highest BCUT2D eigenvalue weighted by Crippen LogP contribution is 2.20. The molecule has 0 aliphatic heterocycles. The van der Waals surface area contributed by atoms with Gasteiger partial charge in [0.15, 0.2) is 5.78 Å². The van der Waals surface area contributed by atoms with Crippen molar-refractivity contribution < 1.29 is 9.18 Å². The van der Waals surface area contributed by atoms with E-state index in [0.717, 1.165) is 12.8 Å². The van der Waals surface area contributed by atoms with Crippen LogP contribution in [0.15, 0.2) is 22.7 Å². The Morgan fingerprint density at radius 3 is 2.56 bits per heavy atom. The van der Waals surface area contributed by atoms with Crippen molar-refractivity contribution in [1.82, 2.24) is 0 Å². The average Bonchev–Trinajstić information content (AvgIpc) is 2.36. The Morgan fingerprint density at radius 1 is 1.17 bits per heavy atom. The first-order valence-electron chi connectivity index (χ1n) is 6.64. The fraction of sp³-hybridized carbons (Fsp3) is 0.533. The van der Waals surface area contributed by atoms with Gasteiger partial charge in [0.25, 0.3) is 0 Å². The highest BCUT2D eigenvalue weighted by Gasteiger charge is 2.13. The van der Waals surface area contributed by atoms with Gasteiger partial charge in [-0.15, -0.1) is 0 Å². The Morgan fingerprint density at radius 2 is 1.83 bits per heavy atom. The second kappa shape index (κ2) is 8.41. The lowest BCUT2D eigenvalue weighted by Gasteiger charge is -2.04. The van der Waals surface area contributed by atoms with Gasteiger partial charge in [-0.25, -0.2) is 4.39 Å². The molecule has 100 valence electrons. The molecule has 0 saturated heterocycles. The molecule has 0 spiro atoms. The van der Waals surface area contributed by atoms with Crippen molar-refractivity contribution in [3.63, 3.8) is 0 Å². The molecule has 1 aromatic rings. The van der Waals surface area contributed by atoms with Gasteiger partial charge in [0.05, 0.1) is 10.0 Å². The third-order valence-corrected chi connectivity index (χ3v) is 3.62. The summed E-state index contributed by atoms with van der Waals surface area (Å²) < 4.78 is 14.0. The number of unbranched alkanes of at least 4 members (excludes halogenated alkanes) is 5. The van der Waals surface area contributed by atoms with E-state index in [2.05, 4.69) is 22.9 Å². The quantitative estimate of drug-likeness (QED) is 0.456. The molecule has 0 heterocycles. The van der Waals surface area contributed by atoms with E-state index < -0.39 is 5.82 Å². The van der Waals surface area contributed by atoms with Gasteiger partial charge in [-0.3, -0.25) is 4.79 Å². The summed E-state index contributed by atoms with van der Waals surface area (Å²) in [7, 11) is 0. The van der Waals surface area contributed by atoms with Crippen molar-refractivity contribution in [2.45, 2.75) is 51.9 Å². The monoisotopic (exact) mass is 314 g/mol. The lowest BCUT2D eigenvalue weighted by Crippen LogP contribution is -2.02. The first-order valence-corrected chi connectivity index (χ1v) is 7.43. The van der Waals surface area contributed by atoms with Crippen molar-refractivity contribution in [1.29, 1.82) is 0 Å². The fourth-order valence-electron chi connectivity index (χ4n) is 1.92. The number of carbonyl (C=O) groups is 1. The molecule has 1 aromatic carbocycles. The maximum Gasteiger partial charge on any atom is 0.165 e. The molecule has 0 saturated carbocycles. The van der Waals surface area contributed by atoms with Crippen LogP contribution in [0, 0.1) is 5.82 Å². The van der Waals surface area contributed by atoms with Gasteiger partial charge in [-0.05, 0) is 34.5 Å². The van der Waals surface area contributed by atoms with Crippen molar-refractivity contribution in [2.75, 3.05) is 0 Å². The minimum Gasteiger partial charge on any atom is -0.294 e. The van der Waals surface area contributed by atoms with Crippen LogP contribution in [-0.2, 0) is 0 Å². The molecular formula is C15H20BrFO. The summed E-state index contributed by atoms with van der Waals surface area (Å²) in [5, 5.41) is 0. The lowest BCUT2D eigenvalue weighted by atomic mass is 10.0. The second-order valence-corrected chi connectivity index (χ2v) is 5.40. The number of Topliss-reactive ketones (excluding diaryl/α,β-unsaturated/α-hetero) is 1. The van der Waals surface area contributed by atoms with Crippen LogP contribution in [-0.4, -0.2) is 5.78 Å². The maximum atomic E-state index is 13.7. The fourth-order valence-corrected chi connectivity index (χ4v) is 2.29. The van der Waals surface area contributed by atoms with Gasteiger partial charge in [0.1, 0.15) is 5.82 Å². The van der Waals surface area contributed by atoms with E-state index in [1.54, 1.807) is 18.2 Å². The largest absolute Gasteiger partial charge is 0.294 e. The van der Waals surface area contributed by atoms with Gasteiger partial charge in [-0.2, -0.15) is 0 Å². The molecule has 18 heavy (non-hydrogen) atoms. The van der Waals surface area contributed by atoms with Crippen LogP contribution in [0.4, 0.5) is 4.39 Å². The highest BCUT2D eigenvalue weighted by molar-refractivity contribution is 9.10. The normalized spacial score (nSPS) is 10.6. The summed E-state index contributed by atoms with van der Waals surface area (Å²) in [6.07, 6.45) is 7.24. The van der Waals surface area contributed by atoms with Gasteiger partial charge < -0.3 is 0 Å². The maximum absolute atomic E-state index is 13.7. The molecule has 0 aliphatic rings. The van der Waals surface area contributed by atoms with Crippen LogP contribution in [0.3, 0.4) is 0 Å². The summed E-state index contributed by atoms with van der Waals surface area (Å²) in [5.74, 6) is -0.530. The summed E-state index contributed by atoms with van der Waals surface area (Å²) >= 11 is 3.10. The van der Waals surface area contributed by atoms with E-state index in [1.807, 2.05) is 0 Å². The molecule has 3 heteroatoms. The zero-order valence-corrected chi connectivity index (χ0v) is 12.4. The predicted molar refractivity (Wildman–Crippen MR) is 76.4 cm³/mol. The Balaban J connectivity index is 2.35. The summed E-state index contributed by atoms with van der Waals surface area (Å²) in [5.41, 5.74) is 0.206. The van der Waals surface area contributed by atoms with Crippen LogP contribution in [0.5, 0.6) is 0 Å². The molecule has 0 unspecified atom stereocenters. The zero-order valence-electron chi connectivity index (χ0n) is 10.8. The number of hydrogen-bond donors (Lipinski definition) is 0. The first kappa shape index (κ1) is 15.4. The van der Waals surface area contributed by atoms with E-state index in [9.17, 15) is 9.18 Å². The van der Waals surface area contributed by atoms with Crippen LogP contribution in [0.2, 0.25) is 0 Å². The average molecular weight is 315 g/mol. The molecule has 0 amide bonds. The Hall–Kier alpha value is -0.700. The minimum atomic E-state index is -0.437. The molecular weight excluding hydrogens is 295 g/mol. The SMILES string of the molecule is CCCCCCCCC(=O)c1cccc(Br)c1F. The molecule has 1 rings (SSSR count). The van der Waals surface area contributed by atoms with Crippen LogP contribution in [0.25, 0.3) is 0 Å². The van der Waals surface area contributed by atoms with Gasteiger partial charge in [0.2, 0.25) is 0 Å². The molecule has 0 atom stereocenters. The summed E-state index contributed by atoms with van der Waals surface area (Å²) in [6.45, 7) is 2.18. The molecule has 0 aliphatic carbocycles. The van der Waals surface area contributed by atoms with E-state index in [0.29, 0.717) is 10.9 Å². The third-order valence-electron chi connectivity index (χ3n) is 3.01. The van der Waals surface area contributed by atoms with E-state index in [-0.39, 0.29) is 11.3 Å². The molecule has 0 radical (unpaired) electrons. The standard InChI is InChI=1S/C15H20BrFO/c1-2-3-4-5-6-7-11-14(18)12-9-8-10-13(16)15(12)17/h8-10H,2-7,11H2,1H3. The zero-order chi connectivity index (χ0) is 13.4. The molecule has 0 fully saturated rings. The van der Waals surface area contributed by atoms with Crippen LogP contribution >= 0.6 is 15.9 Å². The van der Waals surface area contributed by atoms with Crippen LogP contribution in [0.1, 0.15) is 62.2 Å². The summed E-state index contributed by atoms with van der Waals surface area (Å²) in [6, 6.07) is 4.86. The number of benzene rings is 1. The van der Waals surface area contributed by atoms with E-state index in [1.165, 1.54) is 25.7 Å². The van der Waals surface area contributed by atoms with Crippen LogP contribution < -0.4 is 0 Å². The molecule has 1 nitrogen and oxygen atoms in total. The first-order chi connectivity index (χ1) is 8.66. The predicted octanol–water partition coefficient (Wildman–Crippen LogP) is 5.52. The Labute approximate surface area is 117 Å². The van der Waals surface area contributed by atoms with E-state index in [4.69, 9.17) is 0 Å². The highest BCUT2D eigenvalue weighted by atomic mass is 79.9. The third kappa shape index (κ3) is 4.89. The number of halogens is 2. The molecule has 0 N–H and O–H groups in total. The van der Waals surface area contributed by atoms with Crippen molar-refractivity contribution >= 4 is 21.7 Å². The number of ketones is 1. The van der Waals surface area contributed by atoms with Crippen molar-refractivity contribution in [2.24, 2.45) is 0 Å². The van der Waals surface area contributed by atoms with E-state index >= 15 is 0 Å². The molecule has 0 aromatic heterocycles. The number of hydrogen-bond acceptors (Lipinski definition) is 1. The smallest absolute Gasteiger partial charge is 0.165 e. The number of carbonyl (C=O) groups excluding carboxylic acids is 1. The van der Waals surface area contributed by atoms with Crippen molar-refractivity contribution in [3.8, 4) is 0 Å². The van der Waals surface area contributed by atoms with Gasteiger partial charge >= 0.3 is 0 Å².